The van der Waals surface area contributed by atoms with Crippen molar-refractivity contribution in [2.24, 2.45) is 0 Å². The molecule has 0 aliphatic heterocycles. The van der Waals surface area contributed by atoms with Crippen LogP contribution in [0.5, 0.6) is 0 Å². The fraction of sp³-hybridized carbons (Fsp3) is 0.167. The molecule has 0 aromatic heterocycles. The van der Waals surface area contributed by atoms with Crippen LogP contribution in [0.2, 0.25) is 0 Å². The molecule has 19 heavy (non-hydrogen) atoms. The van der Waals surface area contributed by atoms with Crippen molar-refractivity contribution in [2.45, 2.75) is 12.5 Å². The fourth-order valence-electron chi connectivity index (χ4n) is 1.30. The minimum absolute atomic E-state index is 0.163. The first kappa shape index (κ1) is 16.0. The van der Waals surface area contributed by atoms with Crippen molar-refractivity contribution in [1.29, 1.82) is 0 Å². The van der Waals surface area contributed by atoms with Crippen molar-refractivity contribution in [3.05, 3.63) is 38.9 Å². The summed E-state index contributed by atoms with van der Waals surface area (Å²) in [6.07, 6.45) is 1.61. The molecule has 1 aromatic rings. The van der Waals surface area contributed by atoms with Crippen molar-refractivity contribution >= 4 is 56.2 Å². The Labute approximate surface area is 132 Å². The maximum Gasteiger partial charge on any atom is 0.326 e. The lowest BCUT2D eigenvalue weighted by Crippen LogP contribution is -2.42. The third-order valence-corrected chi connectivity index (χ3v) is 3.54. The second kappa shape index (κ2) is 7.49. The van der Waals surface area contributed by atoms with E-state index in [0.29, 0.717) is 5.69 Å². The van der Waals surface area contributed by atoms with Gasteiger partial charge in [0.2, 0.25) is 0 Å². The number of benzene rings is 1. The zero-order chi connectivity index (χ0) is 14.4. The van der Waals surface area contributed by atoms with Gasteiger partial charge in [-0.3, -0.25) is 0 Å². The van der Waals surface area contributed by atoms with Gasteiger partial charge in [0, 0.05) is 8.04 Å². The Balaban J connectivity index is 2.71. The van der Waals surface area contributed by atoms with Crippen molar-refractivity contribution < 1.29 is 14.7 Å². The van der Waals surface area contributed by atoms with Crippen LogP contribution in [0.15, 0.2) is 35.3 Å². The van der Waals surface area contributed by atoms with Crippen molar-refractivity contribution in [3.8, 4) is 0 Å². The zero-order valence-electron chi connectivity index (χ0n) is 9.82. The van der Waals surface area contributed by atoms with Crippen LogP contribution in [0.1, 0.15) is 6.42 Å². The number of amides is 2. The summed E-state index contributed by atoms with van der Waals surface area (Å²) in [5.41, 5.74) is 0.576. The normalized spacial score (nSPS) is 11.5. The number of carbonyl (C=O) groups is 2. The predicted molar refractivity (Wildman–Crippen MR) is 85.3 cm³/mol. The maximum absolute atomic E-state index is 11.7. The molecule has 1 atom stereocenters. The molecule has 0 saturated carbocycles. The standard InChI is InChI=1S/C12H12BrIN2O3/c1-2-3-9(11(17)18)15-12(19)16-10-6-7(14)4-5-8(10)13/h2,4-6,9H,1,3H2,(H,17,18)(H2,15,16,19). The Bertz CT molecular complexity index is 508. The monoisotopic (exact) mass is 438 g/mol. The first-order valence-electron chi connectivity index (χ1n) is 5.30. The van der Waals surface area contributed by atoms with Crippen LogP contribution in [0.4, 0.5) is 10.5 Å². The summed E-state index contributed by atoms with van der Waals surface area (Å²) >= 11 is 5.42. The average molecular weight is 439 g/mol. The van der Waals surface area contributed by atoms with E-state index in [0.717, 1.165) is 8.04 Å². The van der Waals surface area contributed by atoms with Crippen molar-refractivity contribution in [1.82, 2.24) is 5.32 Å². The van der Waals surface area contributed by atoms with E-state index in [9.17, 15) is 9.59 Å². The van der Waals surface area contributed by atoms with Gasteiger partial charge in [-0.2, -0.15) is 0 Å². The summed E-state index contributed by atoms with van der Waals surface area (Å²) in [6.45, 7) is 3.46. The molecule has 0 aliphatic rings. The largest absolute Gasteiger partial charge is 0.480 e. The highest BCUT2D eigenvalue weighted by Gasteiger charge is 2.18. The van der Waals surface area contributed by atoms with Crippen LogP contribution in [0.25, 0.3) is 0 Å². The number of anilines is 1. The molecule has 0 spiro atoms. The number of nitrogens with one attached hydrogen (secondary N) is 2. The van der Waals surface area contributed by atoms with Gasteiger partial charge in [0.15, 0.2) is 0 Å². The average Bonchev–Trinajstić information content (AvgIpc) is 2.33. The Morgan fingerprint density at radius 2 is 2.21 bits per heavy atom. The summed E-state index contributed by atoms with van der Waals surface area (Å²) in [6, 6.07) is 3.89. The van der Waals surface area contributed by atoms with Crippen LogP contribution in [-0.4, -0.2) is 23.1 Å². The molecule has 0 bridgehead atoms. The first-order valence-corrected chi connectivity index (χ1v) is 7.17. The highest BCUT2D eigenvalue weighted by Crippen LogP contribution is 2.24. The molecule has 0 saturated heterocycles. The van der Waals surface area contributed by atoms with Gasteiger partial charge in [0.1, 0.15) is 6.04 Å². The SMILES string of the molecule is C=CCC(NC(=O)Nc1cc(I)ccc1Br)C(=O)O. The lowest BCUT2D eigenvalue weighted by atomic mass is 10.2. The van der Waals surface area contributed by atoms with E-state index in [1.165, 1.54) is 6.08 Å². The van der Waals surface area contributed by atoms with Crippen LogP contribution >= 0.6 is 38.5 Å². The third-order valence-electron chi connectivity index (χ3n) is 2.18. The van der Waals surface area contributed by atoms with Crippen molar-refractivity contribution in [3.63, 3.8) is 0 Å². The van der Waals surface area contributed by atoms with Gasteiger partial charge in [0.05, 0.1) is 5.69 Å². The summed E-state index contributed by atoms with van der Waals surface area (Å²) in [5.74, 6) is -1.10. The van der Waals surface area contributed by atoms with Crippen molar-refractivity contribution in [2.75, 3.05) is 5.32 Å². The molecule has 1 unspecified atom stereocenters. The van der Waals surface area contributed by atoms with E-state index >= 15 is 0 Å². The molecule has 1 rings (SSSR count). The Morgan fingerprint density at radius 3 is 2.79 bits per heavy atom. The summed E-state index contributed by atoms with van der Waals surface area (Å²) in [5, 5.41) is 13.9. The zero-order valence-corrected chi connectivity index (χ0v) is 13.6. The van der Waals surface area contributed by atoms with Gasteiger partial charge in [-0.05, 0) is 63.1 Å². The number of hydrogen-bond acceptors (Lipinski definition) is 2. The number of carboxylic acids is 1. The Morgan fingerprint density at radius 1 is 1.53 bits per heavy atom. The highest BCUT2D eigenvalue weighted by molar-refractivity contribution is 14.1. The Hall–Kier alpha value is -1.09. The molecule has 0 aliphatic carbocycles. The second-order valence-corrected chi connectivity index (χ2v) is 5.74. The predicted octanol–water partition coefficient (Wildman–Crippen LogP) is 3.20. The molecular formula is C12H12BrIN2O3. The molecule has 0 heterocycles. The number of carbonyl (C=O) groups excluding carboxylic acids is 1. The highest BCUT2D eigenvalue weighted by atomic mass is 127. The van der Waals surface area contributed by atoms with E-state index in [4.69, 9.17) is 5.11 Å². The topological polar surface area (TPSA) is 78.4 Å². The molecule has 3 N–H and O–H groups in total. The van der Waals surface area contributed by atoms with Crippen LogP contribution < -0.4 is 10.6 Å². The van der Waals surface area contributed by atoms with Crippen LogP contribution in [0.3, 0.4) is 0 Å². The Kier molecular flexibility index (Phi) is 6.29. The van der Waals surface area contributed by atoms with Gasteiger partial charge in [-0.1, -0.05) is 6.08 Å². The molecule has 0 radical (unpaired) electrons. The molecule has 1 aromatic carbocycles. The first-order chi connectivity index (χ1) is 8.93. The molecular weight excluding hydrogens is 427 g/mol. The lowest BCUT2D eigenvalue weighted by Gasteiger charge is -2.14. The van der Waals surface area contributed by atoms with Crippen LogP contribution in [-0.2, 0) is 4.79 Å². The summed E-state index contributed by atoms with van der Waals surface area (Å²) < 4.78 is 1.68. The number of urea groups is 1. The summed E-state index contributed by atoms with van der Waals surface area (Å²) in [4.78, 5) is 22.6. The van der Waals surface area contributed by atoms with Gasteiger partial charge < -0.3 is 15.7 Å². The smallest absolute Gasteiger partial charge is 0.326 e. The van der Waals surface area contributed by atoms with E-state index < -0.39 is 18.0 Å². The lowest BCUT2D eigenvalue weighted by molar-refractivity contribution is -0.139. The van der Waals surface area contributed by atoms with E-state index in [-0.39, 0.29) is 6.42 Å². The number of halogens is 2. The number of aliphatic carboxylic acids is 1. The third kappa shape index (κ3) is 5.19. The summed E-state index contributed by atoms with van der Waals surface area (Å²) in [7, 11) is 0. The second-order valence-electron chi connectivity index (χ2n) is 3.64. The maximum atomic E-state index is 11.7. The van der Waals surface area contributed by atoms with Gasteiger partial charge in [0.25, 0.3) is 0 Å². The minimum Gasteiger partial charge on any atom is -0.480 e. The van der Waals surface area contributed by atoms with Gasteiger partial charge in [-0.15, -0.1) is 6.58 Å². The molecule has 0 fully saturated rings. The molecule has 7 heteroatoms. The number of hydrogen-bond donors (Lipinski definition) is 3. The quantitative estimate of drug-likeness (QED) is 0.488. The molecule has 5 nitrogen and oxygen atoms in total. The van der Waals surface area contributed by atoms with E-state index in [1.807, 2.05) is 6.07 Å². The van der Waals surface area contributed by atoms with E-state index in [1.54, 1.807) is 12.1 Å². The molecule has 2 amide bonds. The fourth-order valence-corrected chi connectivity index (χ4v) is 2.14. The minimum atomic E-state index is -1.10. The van der Waals surface area contributed by atoms with E-state index in [2.05, 4.69) is 55.7 Å². The molecule has 102 valence electrons. The number of rotatable bonds is 5. The van der Waals surface area contributed by atoms with Gasteiger partial charge >= 0.3 is 12.0 Å². The number of carboxylic acid groups (broad SMARTS) is 1. The van der Waals surface area contributed by atoms with Crippen LogP contribution in [0, 0.1) is 3.57 Å². The van der Waals surface area contributed by atoms with Gasteiger partial charge in [-0.25, -0.2) is 9.59 Å².